The van der Waals surface area contributed by atoms with E-state index < -0.39 is 10.1 Å². The molecule has 0 heterocycles. The number of likely N-dealkylation sites (N-methyl/N-ethyl adjacent to an activating group) is 1. The number of unbranched alkanes of at least 4 members (excludes halogenated alkanes) is 1. The van der Waals surface area contributed by atoms with Crippen LogP contribution in [0, 0.1) is 5.92 Å². The van der Waals surface area contributed by atoms with Crippen LogP contribution in [0.25, 0.3) is 0 Å². The first kappa shape index (κ1) is 22.7. The highest BCUT2D eigenvalue weighted by Gasteiger charge is 2.19. The molecule has 0 saturated carbocycles. The van der Waals surface area contributed by atoms with Gasteiger partial charge < -0.3 is 9.22 Å². The van der Waals surface area contributed by atoms with Gasteiger partial charge in [-0.15, -0.1) is 0 Å². The predicted octanol–water partition coefficient (Wildman–Crippen LogP) is 2.05. The van der Waals surface area contributed by atoms with E-state index in [-0.39, 0.29) is 17.6 Å². The molecule has 6 nitrogen and oxygen atoms in total. The van der Waals surface area contributed by atoms with Crippen molar-refractivity contribution in [2.24, 2.45) is 5.92 Å². The Bertz CT molecular complexity index is 437. The fourth-order valence-corrected chi connectivity index (χ4v) is 3.54. The van der Waals surface area contributed by atoms with Gasteiger partial charge in [-0.2, -0.15) is 20.2 Å². The largest absolute Gasteiger partial charge is 0.459 e. The summed E-state index contributed by atoms with van der Waals surface area (Å²) in [5.41, 5.74) is 0. The number of ether oxygens (including phenoxy) is 1. The normalized spacial score (nSPS) is 13.8. The third-order valence-electron chi connectivity index (χ3n) is 3.52. The Kier molecular flexibility index (Phi) is 11.1. The summed E-state index contributed by atoms with van der Waals surface area (Å²) in [7, 11) is -0.0100. The zero-order chi connectivity index (χ0) is 17.9. The third-order valence-corrected chi connectivity index (χ3v) is 5.64. The number of quaternary nitrogens is 1. The van der Waals surface area contributed by atoms with Crippen LogP contribution < -0.4 is 0 Å². The van der Waals surface area contributed by atoms with Crippen LogP contribution in [0.5, 0.6) is 0 Å². The van der Waals surface area contributed by atoms with E-state index in [9.17, 15) is 13.2 Å². The van der Waals surface area contributed by atoms with E-state index in [4.69, 9.17) is 9.29 Å². The first-order chi connectivity index (χ1) is 10.6. The number of hydrogen-bond donors (Lipinski definition) is 1. The Labute approximate surface area is 145 Å². The first-order valence-electron chi connectivity index (χ1n) is 8.09. The molecule has 138 valence electrons. The van der Waals surface area contributed by atoms with E-state index in [1.807, 2.05) is 21.0 Å². The maximum Gasteiger partial charge on any atom is 0.309 e. The van der Waals surface area contributed by atoms with Crippen molar-refractivity contribution >= 4 is 27.8 Å². The summed E-state index contributed by atoms with van der Waals surface area (Å²) in [4.78, 5) is 11.9. The van der Waals surface area contributed by atoms with Crippen LogP contribution in [-0.4, -0.2) is 74.5 Å². The number of hydrogen-bond acceptors (Lipinski definition) is 5. The fraction of sp³-hybridized carbons (Fsp3) is 0.933. The van der Waals surface area contributed by atoms with Crippen LogP contribution in [0.15, 0.2) is 0 Å². The van der Waals surface area contributed by atoms with Gasteiger partial charge in [-0.25, -0.2) is 0 Å². The number of carbonyl (C=O) groups excluding carboxylic acids is 1. The molecule has 0 aliphatic rings. The van der Waals surface area contributed by atoms with Crippen molar-refractivity contribution in [3.05, 3.63) is 0 Å². The van der Waals surface area contributed by atoms with E-state index in [1.54, 1.807) is 11.8 Å². The molecule has 0 radical (unpaired) electrons. The number of carbonyl (C=O) groups is 1. The van der Waals surface area contributed by atoms with Crippen molar-refractivity contribution in [2.45, 2.75) is 33.1 Å². The zero-order valence-corrected chi connectivity index (χ0v) is 16.4. The lowest BCUT2D eigenvalue weighted by Crippen LogP contribution is -2.44. The maximum absolute atomic E-state index is 11.9. The van der Waals surface area contributed by atoms with Gasteiger partial charge in [-0.3, -0.25) is 9.35 Å². The molecule has 0 aromatic rings. The number of esters is 1. The third kappa shape index (κ3) is 13.8. The molecule has 0 aliphatic heterocycles. The smallest absolute Gasteiger partial charge is 0.309 e. The second-order valence-corrected chi connectivity index (χ2v) is 9.24. The van der Waals surface area contributed by atoms with Gasteiger partial charge in [0.25, 0.3) is 10.1 Å². The van der Waals surface area contributed by atoms with Gasteiger partial charge in [0, 0.05) is 12.2 Å². The average molecular weight is 371 g/mol. The SMILES string of the molecule is CCCCSCC(C)C(=O)OCC[N+](C)(C)CCCS(=O)(=O)O. The maximum atomic E-state index is 11.9. The number of thioether (sulfide) groups is 1. The van der Waals surface area contributed by atoms with E-state index in [0.717, 1.165) is 17.9 Å². The lowest BCUT2D eigenvalue weighted by Gasteiger charge is -2.29. The molecule has 0 amide bonds. The standard InChI is InChI=1S/C15H31NO5S2/c1-5-6-11-22-13-14(2)15(17)21-10-9-16(3,4)8-7-12-23(18,19)20/h14H,5-13H2,1-4H3/p+1. The van der Waals surface area contributed by atoms with Gasteiger partial charge in [0.15, 0.2) is 0 Å². The molecule has 0 aliphatic carbocycles. The Hall–Kier alpha value is -0.310. The minimum absolute atomic E-state index is 0.105. The molecule has 0 aromatic heterocycles. The van der Waals surface area contributed by atoms with E-state index in [2.05, 4.69) is 6.92 Å². The molecule has 0 saturated heterocycles. The van der Waals surface area contributed by atoms with Crippen molar-refractivity contribution in [3.63, 3.8) is 0 Å². The van der Waals surface area contributed by atoms with Crippen molar-refractivity contribution in [3.8, 4) is 0 Å². The second kappa shape index (κ2) is 11.3. The number of nitrogens with zero attached hydrogens (tertiary/aromatic N) is 1. The Morgan fingerprint density at radius 1 is 1.26 bits per heavy atom. The second-order valence-electron chi connectivity index (χ2n) is 6.52. The summed E-state index contributed by atoms with van der Waals surface area (Å²) in [6.45, 7) is 5.57. The monoisotopic (exact) mass is 370 g/mol. The molecule has 1 N–H and O–H groups in total. The number of rotatable bonds is 13. The van der Waals surface area contributed by atoms with Crippen molar-refractivity contribution in [1.82, 2.24) is 0 Å². The highest BCUT2D eigenvalue weighted by molar-refractivity contribution is 7.99. The summed E-state index contributed by atoms with van der Waals surface area (Å²) in [5.74, 6) is 1.34. The quantitative estimate of drug-likeness (QED) is 0.231. The van der Waals surface area contributed by atoms with Gasteiger partial charge in [-0.1, -0.05) is 20.3 Å². The predicted molar refractivity (Wildman–Crippen MR) is 95.2 cm³/mol. The summed E-state index contributed by atoms with van der Waals surface area (Å²) >= 11 is 1.78. The molecule has 1 atom stereocenters. The Balaban J connectivity index is 3.91. The van der Waals surface area contributed by atoms with Crippen LogP contribution in [0.2, 0.25) is 0 Å². The fourth-order valence-electron chi connectivity index (χ4n) is 1.90. The molecular weight excluding hydrogens is 338 g/mol. The summed E-state index contributed by atoms with van der Waals surface area (Å²) < 4.78 is 36.0. The van der Waals surface area contributed by atoms with E-state index in [0.29, 0.717) is 30.6 Å². The molecule has 23 heavy (non-hydrogen) atoms. The Morgan fingerprint density at radius 3 is 2.48 bits per heavy atom. The van der Waals surface area contributed by atoms with Gasteiger partial charge in [0.2, 0.25) is 0 Å². The molecule has 0 spiro atoms. The van der Waals surface area contributed by atoms with E-state index in [1.165, 1.54) is 6.42 Å². The van der Waals surface area contributed by atoms with Crippen molar-refractivity contribution < 1.29 is 27.0 Å². The molecule has 1 unspecified atom stereocenters. The molecule has 8 heteroatoms. The van der Waals surface area contributed by atoms with Gasteiger partial charge in [-0.05, 0) is 12.2 Å². The van der Waals surface area contributed by atoms with Crippen molar-refractivity contribution in [2.75, 3.05) is 51.1 Å². The van der Waals surface area contributed by atoms with Gasteiger partial charge >= 0.3 is 5.97 Å². The summed E-state index contributed by atoms with van der Waals surface area (Å²) in [5, 5.41) is 0. The molecule has 0 aromatic carbocycles. The molecule has 0 fully saturated rings. The zero-order valence-electron chi connectivity index (χ0n) is 14.8. The minimum atomic E-state index is -3.90. The van der Waals surface area contributed by atoms with Crippen LogP contribution in [0.3, 0.4) is 0 Å². The summed E-state index contributed by atoms with van der Waals surface area (Å²) in [6.07, 6.45) is 2.71. The Morgan fingerprint density at radius 2 is 1.91 bits per heavy atom. The lowest BCUT2D eigenvalue weighted by molar-refractivity contribution is -0.890. The van der Waals surface area contributed by atoms with Gasteiger partial charge in [0.1, 0.15) is 13.2 Å². The van der Waals surface area contributed by atoms with Crippen LogP contribution in [0.4, 0.5) is 0 Å². The first-order valence-corrected chi connectivity index (χ1v) is 10.9. The van der Waals surface area contributed by atoms with Crippen LogP contribution in [-0.2, 0) is 19.6 Å². The highest BCUT2D eigenvalue weighted by atomic mass is 32.2. The van der Waals surface area contributed by atoms with Crippen LogP contribution >= 0.6 is 11.8 Å². The molecule has 0 bridgehead atoms. The molecular formula is C15H32NO5S2+. The van der Waals surface area contributed by atoms with Crippen LogP contribution in [0.1, 0.15) is 33.1 Å². The topological polar surface area (TPSA) is 80.7 Å². The lowest BCUT2D eigenvalue weighted by atomic mass is 10.2. The van der Waals surface area contributed by atoms with Gasteiger partial charge in [0.05, 0.1) is 32.3 Å². The highest BCUT2D eigenvalue weighted by Crippen LogP contribution is 2.12. The summed E-state index contributed by atoms with van der Waals surface area (Å²) in [6, 6.07) is 0. The molecule has 0 rings (SSSR count). The van der Waals surface area contributed by atoms with E-state index >= 15 is 0 Å². The minimum Gasteiger partial charge on any atom is -0.459 e. The average Bonchev–Trinajstić information content (AvgIpc) is 2.41. The van der Waals surface area contributed by atoms with Crippen molar-refractivity contribution in [1.29, 1.82) is 0 Å².